The van der Waals surface area contributed by atoms with Gasteiger partial charge in [-0.2, -0.15) is 0 Å². The Morgan fingerprint density at radius 2 is 2.00 bits per heavy atom. The van der Waals surface area contributed by atoms with Crippen molar-refractivity contribution in [2.45, 2.75) is 45.6 Å². The molecule has 1 amide bonds. The molecule has 5 heteroatoms. The van der Waals surface area contributed by atoms with Crippen LogP contribution in [0.1, 0.15) is 40.0 Å². The third-order valence-corrected chi connectivity index (χ3v) is 3.53. The van der Waals surface area contributed by atoms with Crippen LogP contribution in [0.25, 0.3) is 0 Å². The molecule has 5 nitrogen and oxygen atoms in total. The van der Waals surface area contributed by atoms with E-state index >= 15 is 0 Å². The average molecular weight is 272 g/mol. The van der Waals surface area contributed by atoms with Crippen molar-refractivity contribution in [1.29, 1.82) is 0 Å². The third-order valence-electron chi connectivity index (χ3n) is 3.53. The van der Waals surface area contributed by atoms with Gasteiger partial charge in [0.15, 0.2) is 0 Å². The van der Waals surface area contributed by atoms with E-state index < -0.39 is 5.60 Å². The summed E-state index contributed by atoms with van der Waals surface area (Å²) in [5.41, 5.74) is 4.92. The fourth-order valence-corrected chi connectivity index (χ4v) is 2.35. The molecule has 1 heterocycles. The second-order valence-electron chi connectivity index (χ2n) is 6.75. The first kappa shape index (κ1) is 16.4. The van der Waals surface area contributed by atoms with Gasteiger partial charge >= 0.3 is 0 Å². The van der Waals surface area contributed by atoms with Crippen LogP contribution < -0.4 is 11.1 Å². The summed E-state index contributed by atoms with van der Waals surface area (Å²) in [4.78, 5) is 12.1. The first-order valence-corrected chi connectivity index (χ1v) is 7.04. The molecule has 0 aliphatic carbocycles. The van der Waals surface area contributed by atoms with Gasteiger partial charge in [-0.3, -0.25) is 4.79 Å². The van der Waals surface area contributed by atoms with E-state index in [1.54, 1.807) is 0 Å². The zero-order chi connectivity index (χ0) is 14.5. The first-order valence-electron chi connectivity index (χ1n) is 7.04. The number of hydrogen-bond donors (Lipinski definition) is 3. The fraction of sp³-hybridized carbons (Fsp3) is 0.929. The van der Waals surface area contributed by atoms with Crippen LogP contribution in [0.4, 0.5) is 0 Å². The van der Waals surface area contributed by atoms with Crippen molar-refractivity contribution in [3.05, 3.63) is 0 Å². The van der Waals surface area contributed by atoms with E-state index in [2.05, 4.69) is 26.1 Å². The maximum Gasteiger partial charge on any atom is 0.224 e. The smallest absolute Gasteiger partial charge is 0.224 e. The predicted molar refractivity (Wildman–Crippen MR) is 74.6 cm³/mol. The second-order valence-corrected chi connectivity index (χ2v) is 6.75. The molecule has 4 N–H and O–H groups in total. The fourth-order valence-electron chi connectivity index (χ4n) is 2.35. The Kier molecular flexibility index (Phi) is 5.77. The lowest BCUT2D eigenvalue weighted by atomic mass is 9.84. The summed E-state index contributed by atoms with van der Waals surface area (Å²) in [6.45, 7) is 8.00. The zero-order valence-corrected chi connectivity index (χ0v) is 12.4. The summed E-state index contributed by atoms with van der Waals surface area (Å²) in [7, 11) is 0. The quantitative estimate of drug-likeness (QED) is 0.686. The van der Waals surface area contributed by atoms with Crippen molar-refractivity contribution in [2.75, 3.05) is 26.3 Å². The summed E-state index contributed by atoms with van der Waals surface area (Å²) in [6, 6.07) is 0. The summed E-state index contributed by atoms with van der Waals surface area (Å²) < 4.78 is 5.21. The molecule has 1 fully saturated rings. The van der Waals surface area contributed by atoms with Gasteiger partial charge in [-0.15, -0.1) is 0 Å². The monoisotopic (exact) mass is 272 g/mol. The summed E-state index contributed by atoms with van der Waals surface area (Å²) in [5.74, 6) is -0.249. The molecule has 1 unspecified atom stereocenters. The van der Waals surface area contributed by atoms with Crippen molar-refractivity contribution < 1.29 is 14.6 Å². The largest absolute Gasteiger partial charge is 0.388 e. The van der Waals surface area contributed by atoms with E-state index in [4.69, 9.17) is 10.5 Å². The second kappa shape index (κ2) is 6.68. The number of amides is 1. The van der Waals surface area contributed by atoms with E-state index in [1.807, 2.05) is 0 Å². The molecule has 0 bridgehead atoms. The number of ether oxygens (including phenoxy) is 1. The average Bonchev–Trinajstić information content (AvgIpc) is 2.33. The molecule has 0 spiro atoms. The third kappa shape index (κ3) is 5.89. The highest BCUT2D eigenvalue weighted by molar-refractivity contribution is 5.79. The lowest BCUT2D eigenvalue weighted by Crippen LogP contribution is -2.49. The molecule has 1 aliphatic heterocycles. The Hall–Kier alpha value is -0.650. The lowest BCUT2D eigenvalue weighted by Gasteiger charge is -2.33. The highest BCUT2D eigenvalue weighted by Crippen LogP contribution is 2.24. The van der Waals surface area contributed by atoms with Crippen molar-refractivity contribution in [3.8, 4) is 0 Å². The first-order chi connectivity index (χ1) is 8.76. The SMILES string of the molecule is CC(C)(C)CC(CN)C(=O)NCC1(O)CCOCC1. The van der Waals surface area contributed by atoms with E-state index in [0.29, 0.717) is 32.6 Å². The topological polar surface area (TPSA) is 84.6 Å². The van der Waals surface area contributed by atoms with Crippen LogP contribution in [0.15, 0.2) is 0 Å². The molecule has 1 rings (SSSR count). The lowest BCUT2D eigenvalue weighted by molar-refractivity contribution is -0.128. The zero-order valence-electron chi connectivity index (χ0n) is 12.4. The number of aliphatic hydroxyl groups is 1. The van der Waals surface area contributed by atoms with Gasteiger partial charge in [-0.25, -0.2) is 0 Å². The molecule has 0 aromatic rings. The Labute approximate surface area is 115 Å². The van der Waals surface area contributed by atoms with Crippen LogP contribution in [-0.2, 0) is 9.53 Å². The Bertz CT molecular complexity index is 294. The van der Waals surface area contributed by atoms with Gasteiger partial charge in [0, 0.05) is 39.1 Å². The van der Waals surface area contributed by atoms with Gasteiger partial charge in [0.25, 0.3) is 0 Å². The molecular weight excluding hydrogens is 244 g/mol. The van der Waals surface area contributed by atoms with E-state index in [0.717, 1.165) is 6.42 Å². The molecule has 0 aromatic carbocycles. The molecule has 1 saturated heterocycles. The van der Waals surface area contributed by atoms with Gasteiger partial charge in [0.2, 0.25) is 5.91 Å². The number of hydrogen-bond acceptors (Lipinski definition) is 4. The summed E-state index contributed by atoms with van der Waals surface area (Å²) >= 11 is 0. The maximum atomic E-state index is 12.1. The molecule has 19 heavy (non-hydrogen) atoms. The molecule has 0 saturated carbocycles. The van der Waals surface area contributed by atoms with Crippen LogP contribution in [0, 0.1) is 11.3 Å². The van der Waals surface area contributed by atoms with E-state index in [9.17, 15) is 9.90 Å². The minimum atomic E-state index is -0.825. The maximum absolute atomic E-state index is 12.1. The molecule has 1 aliphatic rings. The van der Waals surface area contributed by atoms with Gasteiger partial charge in [0.05, 0.1) is 11.5 Å². The molecular formula is C14H28N2O3. The highest BCUT2D eigenvalue weighted by atomic mass is 16.5. The number of carbonyl (C=O) groups is 1. The minimum Gasteiger partial charge on any atom is -0.388 e. The van der Waals surface area contributed by atoms with Gasteiger partial charge in [-0.05, 0) is 11.8 Å². The van der Waals surface area contributed by atoms with E-state index in [1.165, 1.54) is 0 Å². The van der Waals surface area contributed by atoms with E-state index in [-0.39, 0.29) is 23.8 Å². The Morgan fingerprint density at radius 3 is 2.47 bits per heavy atom. The van der Waals surface area contributed by atoms with Gasteiger partial charge in [-0.1, -0.05) is 20.8 Å². The minimum absolute atomic E-state index is 0.0580. The van der Waals surface area contributed by atoms with Crippen LogP contribution in [0.3, 0.4) is 0 Å². The van der Waals surface area contributed by atoms with Crippen LogP contribution in [-0.4, -0.2) is 42.9 Å². The molecule has 112 valence electrons. The summed E-state index contributed by atoms with van der Waals surface area (Å²) in [6.07, 6.45) is 1.89. The van der Waals surface area contributed by atoms with Gasteiger partial charge in [0.1, 0.15) is 0 Å². The van der Waals surface area contributed by atoms with Crippen LogP contribution in [0.2, 0.25) is 0 Å². The Balaban J connectivity index is 2.44. The van der Waals surface area contributed by atoms with Crippen LogP contribution >= 0.6 is 0 Å². The number of carbonyl (C=O) groups excluding carboxylic acids is 1. The van der Waals surface area contributed by atoms with Gasteiger partial charge < -0.3 is 20.9 Å². The Morgan fingerprint density at radius 1 is 1.42 bits per heavy atom. The number of nitrogens with one attached hydrogen (secondary N) is 1. The molecule has 0 aromatic heterocycles. The molecule has 0 radical (unpaired) electrons. The molecule has 1 atom stereocenters. The predicted octanol–water partition coefficient (Wildman–Crippen LogP) is 0.655. The number of nitrogens with two attached hydrogens (primary N) is 1. The van der Waals surface area contributed by atoms with Crippen molar-refractivity contribution >= 4 is 5.91 Å². The summed E-state index contributed by atoms with van der Waals surface area (Å²) in [5, 5.41) is 13.1. The standard InChI is InChI=1S/C14H28N2O3/c1-13(2,3)8-11(9-15)12(17)16-10-14(18)4-6-19-7-5-14/h11,18H,4-10,15H2,1-3H3,(H,16,17). The normalized spacial score (nSPS) is 20.9. The van der Waals surface area contributed by atoms with Crippen molar-refractivity contribution in [1.82, 2.24) is 5.32 Å². The highest BCUT2D eigenvalue weighted by Gasteiger charge is 2.31. The number of rotatable bonds is 5. The van der Waals surface area contributed by atoms with Crippen molar-refractivity contribution in [3.63, 3.8) is 0 Å². The van der Waals surface area contributed by atoms with Crippen molar-refractivity contribution in [2.24, 2.45) is 17.1 Å². The van der Waals surface area contributed by atoms with Crippen LogP contribution in [0.5, 0.6) is 0 Å².